The number of hydrogen-bond donors (Lipinski definition) is 0. The van der Waals surface area contributed by atoms with Crippen molar-refractivity contribution in [2.24, 2.45) is 0 Å². The second-order valence-corrected chi connectivity index (χ2v) is 12.1. The van der Waals surface area contributed by atoms with Gasteiger partial charge in [-0.3, -0.25) is 4.79 Å². The van der Waals surface area contributed by atoms with Gasteiger partial charge in [-0.25, -0.2) is 0 Å². The molecule has 0 saturated heterocycles. The van der Waals surface area contributed by atoms with Crippen molar-refractivity contribution in [3.63, 3.8) is 0 Å². The van der Waals surface area contributed by atoms with Crippen molar-refractivity contribution < 1.29 is 4.79 Å². The number of hydrogen-bond acceptors (Lipinski definition) is 1. The average molecular weight is 613 g/mol. The highest BCUT2D eigenvalue weighted by molar-refractivity contribution is 6.10. The van der Waals surface area contributed by atoms with Gasteiger partial charge in [0.15, 0.2) is 5.78 Å². The molecule has 0 radical (unpaired) electrons. The van der Waals surface area contributed by atoms with E-state index in [1.165, 1.54) is 21.9 Å². The monoisotopic (exact) mass is 612 g/mol. The second-order valence-electron chi connectivity index (χ2n) is 12.1. The van der Waals surface area contributed by atoms with Gasteiger partial charge in [0, 0.05) is 11.1 Å². The van der Waals surface area contributed by atoms with Crippen LogP contribution in [-0.4, -0.2) is 5.78 Å². The minimum Gasteiger partial charge on any atom is -0.289 e. The molecule has 1 nitrogen and oxygen atoms in total. The van der Waals surface area contributed by atoms with Gasteiger partial charge in [-0.1, -0.05) is 170 Å². The van der Waals surface area contributed by atoms with Crippen molar-refractivity contribution in [2.45, 2.75) is 0 Å². The van der Waals surface area contributed by atoms with E-state index in [0.29, 0.717) is 11.1 Å². The van der Waals surface area contributed by atoms with Crippen LogP contribution in [0.15, 0.2) is 194 Å². The highest BCUT2D eigenvalue weighted by Crippen LogP contribution is 2.44. The third kappa shape index (κ3) is 5.63. The Morgan fingerprint density at radius 3 is 1.52 bits per heavy atom. The third-order valence-corrected chi connectivity index (χ3v) is 9.05. The van der Waals surface area contributed by atoms with Crippen molar-refractivity contribution in [3.8, 4) is 55.6 Å². The Labute approximate surface area is 281 Å². The van der Waals surface area contributed by atoms with Crippen LogP contribution in [0.1, 0.15) is 15.9 Å². The lowest BCUT2D eigenvalue weighted by Gasteiger charge is -2.20. The Bertz CT molecular complexity index is 2320. The van der Waals surface area contributed by atoms with E-state index >= 15 is 0 Å². The zero-order chi connectivity index (χ0) is 32.3. The number of ketones is 1. The van der Waals surface area contributed by atoms with Crippen LogP contribution in [0.4, 0.5) is 0 Å². The maximum absolute atomic E-state index is 13.6. The molecular weight excluding hydrogens is 581 g/mol. The lowest BCUT2D eigenvalue weighted by molar-refractivity contribution is 0.103. The van der Waals surface area contributed by atoms with E-state index in [4.69, 9.17) is 0 Å². The molecule has 0 bridgehead atoms. The molecule has 0 aliphatic heterocycles. The molecule has 1 heteroatoms. The molecule has 0 unspecified atom stereocenters. The summed E-state index contributed by atoms with van der Waals surface area (Å²) in [5.74, 6) is 0.0156. The molecule has 0 heterocycles. The van der Waals surface area contributed by atoms with Crippen LogP contribution in [0.5, 0.6) is 0 Å². The fraction of sp³-hybridized carbons (Fsp3) is 0. The standard InChI is InChI=1S/C47H32O/c48-47(36-20-8-3-9-21-36)40-26-13-25-39(30-40)46-44(34-15-4-1-5-16-34)31-41(32-45(46)35-17-6-2-7-18-35)37-23-12-24-38(29-37)43-28-14-22-33-19-10-11-27-42(33)43/h1-32H. The summed E-state index contributed by atoms with van der Waals surface area (Å²) >= 11 is 0. The van der Waals surface area contributed by atoms with Crippen molar-refractivity contribution in [1.82, 2.24) is 0 Å². The summed E-state index contributed by atoms with van der Waals surface area (Å²) in [5.41, 5.74) is 12.6. The van der Waals surface area contributed by atoms with E-state index in [1.807, 2.05) is 48.5 Å². The first-order valence-corrected chi connectivity index (χ1v) is 16.3. The number of fused-ring (bicyclic) bond motifs is 1. The summed E-state index contributed by atoms with van der Waals surface area (Å²) in [6.07, 6.45) is 0. The first-order valence-electron chi connectivity index (χ1n) is 16.3. The number of benzene rings is 8. The van der Waals surface area contributed by atoms with Crippen LogP contribution in [0.3, 0.4) is 0 Å². The van der Waals surface area contributed by atoms with Gasteiger partial charge in [-0.2, -0.15) is 0 Å². The maximum Gasteiger partial charge on any atom is 0.193 e. The Kier molecular flexibility index (Phi) is 7.78. The molecule has 0 atom stereocenters. The van der Waals surface area contributed by atoms with Gasteiger partial charge in [-0.15, -0.1) is 0 Å². The predicted octanol–water partition coefficient (Wildman–Crippen LogP) is 12.4. The van der Waals surface area contributed by atoms with Gasteiger partial charge in [0.05, 0.1) is 0 Å². The van der Waals surface area contributed by atoms with Crippen LogP contribution >= 0.6 is 0 Å². The summed E-state index contributed by atoms with van der Waals surface area (Å²) in [4.78, 5) is 13.6. The van der Waals surface area contributed by atoms with Crippen molar-refractivity contribution in [3.05, 3.63) is 205 Å². The molecular formula is C47H32O. The molecule has 0 spiro atoms. The summed E-state index contributed by atoms with van der Waals surface area (Å²) < 4.78 is 0. The van der Waals surface area contributed by atoms with Gasteiger partial charge in [0.25, 0.3) is 0 Å². The van der Waals surface area contributed by atoms with E-state index in [9.17, 15) is 4.79 Å². The Hall–Kier alpha value is -6.31. The van der Waals surface area contributed by atoms with Crippen molar-refractivity contribution >= 4 is 16.6 Å². The van der Waals surface area contributed by atoms with Crippen LogP contribution in [0.25, 0.3) is 66.4 Å². The smallest absolute Gasteiger partial charge is 0.193 e. The van der Waals surface area contributed by atoms with Crippen molar-refractivity contribution in [2.75, 3.05) is 0 Å². The molecule has 0 saturated carbocycles. The topological polar surface area (TPSA) is 17.1 Å². The molecule has 0 aliphatic rings. The van der Waals surface area contributed by atoms with Crippen LogP contribution in [0.2, 0.25) is 0 Å². The quantitative estimate of drug-likeness (QED) is 0.164. The summed E-state index contributed by atoms with van der Waals surface area (Å²) in [6, 6.07) is 67.3. The highest BCUT2D eigenvalue weighted by Gasteiger charge is 2.19. The van der Waals surface area contributed by atoms with E-state index in [-0.39, 0.29) is 5.78 Å². The second kappa shape index (κ2) is 12.8. The fourth-order valence-corrected chi connectivity index (χ4v) is 6.73. The predicted molar refractivity (Wildman–Crippen MR) is 201 cm³/mol. The molecule has 48 heavy (non-hydrogen) atoms. The summed E-state index contributed by atoms with van der Waals surface area (Å²) in [6.45, 7) is 0. The highest BCUT2D eigenvalue weighted by atomic mass is 16.1. The molecule has 0 amide bonds. The SMILES string of the molecule is O=C(c1ccccc1)c1cccc(-c2c(-c3ccccc3)cc(-c3cccc(-c4cccc5ccccc45)c3)cc2-c2ccccc2)c1. The van der Waals surface area contributed by atoms with Gasteiger partial charge in [0.2, 0.25) is 0 Å². The van der Waals surface area contributed by atoms with Crippen molar-refractivity contribution in [1.29, 1.82) is 0 Å². The molecule has 8 aromatic rings. The lowest BCUT2D eigenvalue weighted by Crippen LogP contribution is -2.01. The van der Waals surface area contributed by atoms with Crippen LogP contribution in [-0.2, 0) is 0 Å². The molecule has 8 rings (SSSR count). The molecule has 0 aliphatic carbocycles. The molecule has 8 aromatic carbocycles. The Morgan fingerprint density at radius 2 is 0.812 bits per heavy atom. The number of rotatable bonds is 7. The average Bonchev–Trinajstić information content (AvgIpc) is 3.18. The molecule has 0 N–H and O–H groups in total. The first kappa shape index (κ1) is 29.1. The number of carbonyl (C=O) groups is 1. The fourth-order valence-electron chi connectivity index (χ4n) is 6.73. The largest absolute Gasteiger partial charge is 0.289 e. The van der Waals surface area contributed by atoms with E-state index in [2.05, 4.69) is 146 Å². The van der Waals surface area contributed by atoms with E-state index < -0.39 is 0 Å². The number of carbonyl (C=O) groups excluding carboxylic acids is 1. The van der Waals surface area contributed by atoms with E-state index in [1.54, 1.807) is 0 Å². The Balaban J connectivity index is 1.35. The maximum atomic E-state index is 13.6. The minimum absolute atomic E-state index is 0.0156. The minimum atomic E-state index is 0.0156. The van der Waals surface area contributed by atoms with Gasteiger partial charge in [0.1, 0.15) is 0 Å². The molecule has 0 aromatic heterocycles. The zero-order valence-electron chi connectivity index (χ0n) is 26.4. The summed E-state index contributed by atoms with van der Waals surface area (Å²) in [5, 5.41) is 2.47. The summed E-state index contributed by atoms with van der Waals surface area (Å²) in [7, 11) is 0. The lowest BCUT2D eigenvalue weighted by atomic mass is 9.83. The zero-order valence-corrected chi connectivity index (χ0v) is 26.4. The van der Waals surface area contributed by atoms with E-state index in [0.717, 1.165) is 44.5 Å². The van der Waals surface area contributed by atoms with Gasteiger partial charge in [-0.05, 0) is 90.7 Å². The molecule has 226 valence electrons. The Morgan fingerprint density at radius 1 is 0.312 bits per heavy atom. The van der Waals surface area contributed by atoms with Gasteiger partial charge >= 0.3 is 0 Å². The normalized spacial score (nSPS) is 11.0. The van der Waals surface area contributed by atoms with Crippen LogP contribution in [0, 0.1) is 0 Å². The molecule has 0 fully saturated rings. The van der Waals surface area contributed by atoms with Gasteiger partial charge < -0.3 is 0 Å². The first-order chi connectivity index (χ1) is 23.7. The third-order valence-electron chi connectivity index (χ3n) is 9.05. The van der Waals surface area contributed by atoms with Crippen LogP contribution < -0.4 is 0 Å².